The van der Waals surface area contributed by atoms with Gasteiger partial charge >= 0.3 is 0 Å². The number of halogens is 3. The summed E-state index contributed by atoms with van der Waals surface area (Å²) < 4.78 is 25.0. The van der Waals surface area contributed by atoms with E-state index in [-0.39, 0.29) is 12.2 Å². The number of hydrogen-bond acceptors (Lipinski definition) is 5. The molecule has 0 bridgehead atoms. The number of amides is 2. The summed E-state index contributed by atoms with van der Waals surface area (Å²) in [4.78, 5) is 24.9. The molecule has 3 rings (SSSR count). The number of para-hydroxylation sites is 1. The summed E-state index contributed by atoms with van der Waals surface area (Å²) in [7, 11) is 0. The predicted molar refractivity (Wildman–Crippen MR) is 145 cm³/mol. The Morgan fingerprint density at radius 2 is 1.83 bits per heavy atom. The number of ether oxygens (including phenoxy) is 2. The Kier molecular flexibility index (Phi) is 9.67. The van der Waals surface area contributed by atoms with E-state index in [1.54, 1.807) is 43.3 Å². The number of hydrogen-bond donors (Lipinski definition) is 2. The molecule has 0 heterocycles. The fraction of sp³-hybridized carbons (Fsp3) is 0.115. The minimum Gasteiger partial charge on any atom is -0.490 e. The normalized spacial score (nSPS) is 10.8. The van der Waals surface area contributed by atoms with Crippen LogP contribution >= 0.6 is 34.2 Å². The summed E-state index contributed by atoms with van der Waals surface area (Å²) in [6.45, 7) is 1.80. The van der Waals surface area contributed by atoms with Crippen LogP contribution in [0, 0.1) is 20.7 Å². The molecule has 0 saturated heterocycles. The van der Waals surface area contributed by atoms with E-state index in [2.05, 4.69) is 10.6 Å². The van der Waals surface area contributed by atoms with Gasteiger partial charge in [-0.1, -0.05) is 23.7 Å². The maximum atomic E-state index is 13.0. The van der Waals surface area contributed by atoms with Gasteiger partial charge in [0.1, 0.15) is 17.5 Å². The van der Waals surface area contributed by atoms with Crippen molar-refractivity contribution in [2.24, 2.45) is 0 Å². The fourth-order valence-corrected chi connectivity index (χ4v) is 3.97. The fourth-order valence-electron chi connectivity index (χ4n) is 3.01. The van der Waals surface area contributed by atoms with Gasteiger partial charge in [-0.25, -0.2) is 4.39 Å². The van der Waals surface area contributed by atoms with Gasteiger partial charge < -0.3 is 20.1 Å². The van der Waals surface area contributed by atoms with Crippen LogP contribution in [-0.2, 0) is 9.59 Å². The average molecular weight is 620 g/mol. The second-order valence-corrected chi connectivity index (χ2v) is 8.78. The van der Waals surface area contributed by atoms with Gasteiger partial charge in [-0.2, -0.15) is 5.26 Å². The maximum absolute atomic E-state index is 13.0. The lowest BCUT2D eigenvalue weighted by Crippen LogP contribution is -2.20. The first kappa shape index (κ1) is 27.0. The van der Waals surface area contributed by atoms with Gasteiger partial charge in [0.05, 0.1) is 20.9 Å². The molecule has 3 aromatic rings. The van der Waals surface area contributed by atoms with Gasteiger partial charge in [0.15, 0.2) is 18.1 Å². The lowest BCUT2D eigenvalue weighted by molar-refractivity contribution is -0.118. The van der Waals surface area contributed by atoms with E-state index in [0.29, 0.717) is 43.6 Å². The van der Waals surface area contributed by atoms with Crippen LogP contribution in [-0.4, -0.2) is 25.0 Å². The molecular formula is C26H20ClFIN3O4. The highest BCUT2D eigenvalue weighted by Gasteiger charge is 2.16. The lowest BCUT2D eigenvalue weighted by atomic mass is 10.1. The van der Waals surface area contributed by atoms with Gasteiger partial charge in [0.2, 0.25) is 0 Å². The molecule has 0 atom stereocenters. The molecule has 2 N–H and O–H groups in total. The van der Waals surface area contributed by atoms with Crippen LogP contribution in [0.3, 0.4) is 0 Å². The van der Waals surface area contributed by atoms with E-state index in [4.69, 9.17) is 21.1 Å². The second-order valence-electron chi connectivity index (χ2n) is 7.21. The van der Waals surface area contributed by atoms with Crippen molar-refractivity contribution in [3.63, 3.8) is 0 Å². The highest BCUT2D eigenvalue weighted by atomic mass is 127. The molecule has 2 amide bonds. The minimum atomic E-state index is -0.614. The first-order valence-electron chi connectivity index (χ1n) is 10.6. The van der Waals surface area contributed by atoms with E-state index in [1.165, 1.54) is 30.3 Å². The van der Waals surface area contributed by atoms with Crippen LogP contribution in [0.1, 0.15) is 12.5 Å². The van der Waals surface area contributed by atoms with Gasteiger partial charge in [-0.3, -0.25) is 9.59 Å². The lowest BCUT2D eigenvalue weighted by Gasteiger charge is -2.15. The molecule has 0 saturated carbocycles. The smallest absolute Gasteiger partial charge is 0.266 e. The summed E-state index contributed by atoms with van der Waals surface area (Å²) in [6, 6.07) is 17.3. The summed E-state index contributed by atoms with van der Waals surface area (Å²) in [5.74, 6) is -0.782. The van der Waals surface area contributed by atoms with E-state index >= 15 is 0 Å². The largest absolute Gasteiger partial charge is 0.490 e. The van der Waals surface area contributed by atoms with Gasteiger partial charge in [-0.15, -0.1) is 0 Å². The molecular weight excluding hydrogens is 600 g/mol. The zero-order valence-corrected chi connectivity index (χ0v) is 21.9. The van der Waals surface area contributed by atoms with Gasteiger partial charge in [0, 0.05) is 5.69 Å². The van der Waals surface area contributed by atoms with Crippen molar-refractivity contribution in [2.45, 2.75) is 6.92 Å². The SMILES string of the molecule is CCOc1cc(/C=C(\C#N)C(=O)Nc2ccccc2Cl)cc(I)c1OCC(=O)Nc1ccc(F)cc1. The van der Waals surface area contributed by atoms with Crippen molar-refractivity contribution >= 4 is 63.5 Å². The molecule has 0 fully saturated rings. The van der Waals surface area contributed by atoms with Crippen LogP contribution < -0.4 is 20.1 Å². The molecule has 36 heavy (non-hydrogen) atoms. The zero-order valence-electron chi connectivity index (χ0n) is 19.0. The Labute approximate surface area is 226 Å². The molecule has 184 valence electrons. The molecule has 0 unspecified atom stereocenters. The molecule has 10 heteroatoms. The minimum absolute atomic E-state index is 0.138. The average Bonchev–Trinajstić information content (AvgIpc) is 2.85. The summed E-state index contributed by atoms with van der Waals surface area (Å²) in [5, 5.41) is 15.1. The van der Waals surface area contributed by atoms with Crippen LogP contribution in [0.5, 0.6) is 11.5 Å². The second kappa shape index (κ2) is 12.9. The van der Waals surface area contributed by atoms with E-state index in [0.717, 1.165) is 0 Å². The number of nitrogens with one attached hydrogen (secondary N) is 2. The number of rotatable bonds is 9. The predicted octanol–water partition coefficient (Wildman–Crippen LogP) is 6.05. The molecule has 0 aromatic heterocycles. The van der Waals surface area contributed by atoms with Crippen LogP contribution in [0.25, 0.3) is 6.08 Å². The number of nitriles is 1. The molecule has 0 spiro atoms. The van der Waals surface area contributed by atoms with Crippen LogP contribution in [0.4, 0.5) is 15.8 Å². The van der Waals surface area contributed by atoms with E-state index in [1.807, 2.05) is 28.7 Å². The molecule has 0 aliphatic rings. The van der Waals surface area contributed by atoms with Crippen molar-refractivity contribution in [2.75, 3.05) is 23.8 Å². The number of carbonyl (C=O) groups is 2. The summed E-state index contributed by atoms with van der Waals surface area (Å²) in [5.41, 5.74) is 1.21. The third kappa shape index (κ3) is 7.44. The molecule has 0 aliphatic heterocycles. The van der Waals surface area contributed by atoms with Crippen molar-refractivity contribution in [3.05, 3.63) is 86.2 Å². The molecule has 0 radical (unpaired) electrons. The quantitative estimate of drug-likeness (QED) is 0.173. The Morgan fingerprint density at radius 1 is 1.11 bits per heavy atom. The summed E-state index contributed by atoms with van der Waals surface area (Å²) in [6.07, 6.45) is 1.42. The Morgan fingerprint density at radius 3 is 2.50 bits per heavy atom. The van der Waals surface area contributed by atoms with Gasteiger partial charge in [-0.05, 0) is 89.7 Å². The zero-order chi connectivity index (χ0) is 26.1. The number of nitrogens with zero attached hydrogens (tertiary/aromatic N) is 1. The summed E-state index contributed by atoms with van der Waals surface area (Å²) >= 11 is 8.10. The highest BCUT2D eigenvalue weighted by molar-refractivity contribution is 14.1. The van der Waals surface area contributed by atoms with Crippen molar-refractivity contribution in [1.29, 1.82) is 5.26 Å². The number of anilines is 2. The Hall–Kier alpha value is -3.62. The third-order valence-electron chi connectivity index (χ3n) is 4.61. The van der Waals surface area contributed by atoms with Crippen molar-refractivity contribution < 1.29 is 23.5 Å². The van der Waals surface area contributed by atoms with Crippen LogP contribution in [0.2, 0.25) is 5.02 Å². The third-order valence-corrected chi connectivity index (χ3v) is 5.74. The van der Waals surface area contributed by atoms with Gasteiger partial charge in [0.25, 0.3) is 11.8 Å². The Balaban J connectivity index is 1.77. The molecule has 7 nitrogen and oxygen atoms in total. The van der Waals surface area contributed by atoms with Crippen molar-refractivity contribution in [1.82, 2.24) is 0 Å². The topological polar surface area (TPSA) is 100 Å². The van der Waals surface area contributed by atoms with Crippen LogP contribution in [0.15, 0.2) is 66.2 Å². The first-order valence-corrected chi connectivity index (χ1v) is 12.1. The molecule has 0 aliphatic carbocycles. The molecule has 3 aromatic carbocycles. The Bertz CT molecular complexity index is 1340. The number of carbonyl (C=O) groups excluding carboxylic acids is 2. The monoisotopic (exact) mass is 619 g/mol. The standard InChI is InChI=1S/C26H20ClFIN3O4/c1-2-35-23-13-16(11-17(14-30)26(34)32-22-6-4-3-5-20(22)27)12-21(29)25(23)36-15-24(33)31-19-9-7-18(28)8-10-19/h3-13H,2,15H2,1H3,(H,31,33)(H,32,34)/b17-11+. The maximum Gasteiger partial charge on any atom is 0.266 e. The van der Waals surface area contributed by atoms with E-state index < -0.39 is 17.6 Å². The first-order chi connectivity index (χ1) is 17.3. The number of benzene rings is 3. The highest BCUT2D eigenvalue weighted by Crippen LogP contribution is 2.35. The van der Waals surface area contributed by atoms with Crippen molar-refractivity contribution in [3.8, 4) is 17.6 Å². The van der Waals surface area contributed by atoms with E-state index in [9.17, 15) is 19.2 Å².